The molecule has 3 heterocycles. The number of alkyl halides is 3. The normalized spacial score (nSPS) is 18.2. The van der Waals surface area contributed by atoms with E-state index in [9.17, 15) is 22.8 Å². The Bertz CT molecular complexity index is 1120. The van der Waals surface area contributed by atoms with Crippen LogP contribution in [0, 0.1) is 0 Å². The van der Waals surface area contributed by atoms with E-state index < -0.39 is 29.4 Å². The fraction of sp³-hybridized carbons (Fsp3) is 0.522. The molecule has 0 radical (unpaired) electrons. The maximum atomic E-state index is 13.3. The van der Waals surface area contributed by atoms with Crippen molar-refractivity contribution in [2.24, 2.45) is 0 Å². The van der Waals surface area contributed by atoms with Gasteiger partial charge in [-0.3, -0.25) is 9.69 Å². The Labute approximate surface area is 195 Å². The number of ether oxygens (including phenoxy) is 2. The first-order chi connectivity index (χ1) is 15.8. The van der Waals surface area contributed by atoms with Crippen molar-refractivity contribution in [2.75, 3.05) is 19.6 Å². The molecule has 0 fully saturated rings. The second-order valence-electron chi connectivity index (χ2n) is 9.39. The maximum absolute atomic E-state index is 13.3. The largest absolute Gasteiger partial charge is 0.444 e. The van der Waals surface area contributed by atoms with E-state index in [1.807, 2.05) is 0 Å². The number of halogens is 3. The quantitative estimate of drug-likeness (QED) is 0.520. The molecule has 184 valence electrons. The average Bonchev–Trinajstić information content (AvgIpc) is 2.93. The minimum Gasteiger partial charge on any atom is -0.444 e. The van der Waals surface area contributed by atoms with E-state index in [1.54, 1.807) is 30.4 Å². The van der Waals surface area contributed by atoms with Gasteiger partial charge in [-0.1, -0.05) is 0 Å². The smallest absolute Gasteiger partial charge is 0.416 e. The van der Waals surface area contributed by atoms with Gasteiger partial charge in [0.15, 0.2) is 5.75 Å². The molecule has 0 saturated heterocycles. The van der Waals surface area contributed by atoms with E-state index in [4.69, 9.17) is 14.6 Å². The number of hydrogen-bond donors (Lipinski definition) is 1. The minimum absolute atomic E-state index is 0.222. The molecular formula is C23H27F3N4O4. The molecule has 34 heavy (non-hydrogen) atoms. The first kappa shape index (κ1) is 24.1. The summed E-state index contributed by atoms with van der Waals surface area (Å²) in [6, 6.07) is 2.68. The van der Waals surface area contributed by atoms with Gasteiger partial charge in [-0.05, 0) is 39.0 Å². The zero-order chi connectivity index (χ0) is 24.8. The van der Waals surface area contributed by atoms with Crippen LogP contribution in [0.3, 0.4) is 0 Å². The Morgan fingerprint density at radius 3 is 2.56 bits per heavy atom. The molecule has 2 aliphatic rings. The van der Waals surface area contributed by atoms with E-state index in [-0.39, 0.29) is 17.5 Å². The molecule has 1 atom stereocenters. The molecule has 2 aromatic rings. The van der Waals surface area contributed by atoms with Gasteiger partial charge in [-0.2, -0.15) is 18.3 Å². The Morgan fingerprint density at radius 1 is 1.18 bits per heavy atom. The van der Waals surface area contributed by atoms with Gasteiger partial charge < -0.3 is 14.8 Å². The van der Waals surface area contributed by atoms with Crippen molar-refractivity contribution in [3.63, 3.8) is 0 Å². The van der Waals surface area contributed by atoms with Gasteiger partial charge in [0.05, 0.1) is 23.0 Å². The van der Waals surface area contributed by atoms with Crippen LogP contribution in [0.4, 0.5) is 18.0 Å². The Balaban J connectivity index is 1.80. The second-order valence-corrected chi connectivity index (χ2v) is 9.39. The van der Waals surface area contributed by atoms with Gasteiger partial charge in [0, 0.05) is 45.0 Å². The summed E-state index contributed by atoms with van der Waals surface area (Å²) in [5, 5.41) is 8.01. The Kier molecular flexibility index (Phi) is 6.09. The molecule has 1 aromatic heterocycles. The lowest BCUT2D eigenvalue weighted by Gasteiger charge is -2.36. The highest BCUT2D eigenvalue weighted by Crippen LogP contribution is 2.39. The standard InChI is InChI=1S/C23H27F3N4O4/c1-13(31)33-19-11-14(23(24,25)26)5-6-16(19)30-17-8-10-29(21(32)34-22(2,3)4)18-12-27-9-7-15(28-30)20(17)18/h5-6,11,18,27H,7-10,12H2,1-4H3. The fourth-order valence-corrected chi connectivity index (χ4v) is 4.36. The predicted molar refractivity (Wildman–Crippen MR) is 116 cm³/mol. The van der Waals surface area contributed by atoms with Crippen molar-refractivity contribution in [3.05, 3.63) is 40.7 Å². The van der Waals surface area contributed by atoms with Crippen molar-refractivity contribution < 1.29 is 32.2 Å². The summed E-state index contributed by atoms with van der Waals surface area (Å²) in [5.74, 6) is -0.957. The third-order valence-electron chi connectivity index (χ3n) is 5.67. The van der Waals surface area contributed by atoms with Crippen LogP contribution in [0.1, 0.15) is 56.3 Å². The average molecular weight is 480 g/mol. The van der Waals surface area contributed by atoms with Gasteiger partial charge in [-0.25, -0.2) is 9.48 Å². The molecule has 1 amide bonds. The summed E-state index contributed by atoms with van der Waals surface area (Å²) in [5.41, 5.74) is 1.04. The van der Waals surface area contributed by atoms with Gasteiger partial charge in [0.25, 0.3) is 0 Å². The lowest BCUT2D eigenvalue weighted by atomic mass is 9.96. The topological polar surface area (TPSA) is 85.7 Å². The highest BCUT2D eigenvalue weighted by molar-refractivity contribution is 5.72. The number of rotatable bonds is 2. The van der Waals surface area contributed by atoms with E-state index in [2.05, 4.69) is 5.32 Å². The summed E-state index contributed by atoms with van der Waals surface area (Å²) in [7, 11) is 0. The van der Waals surface area contributed by atoms with Crippen LogP contribution >= 0.6 is 0 Å². The SMILES string of the molecule is CC(=O)Oc1cc(C(F)(F)F)ccc1-n1nc2c3c1CCN(C(=O)OC(C)(C)C)C3CNCC2. The highest BCUT2D eigenvalue weighted by atomic mass is 19.4. The van der Waals surface area contributed by atoms with Crippen molar-refractivity contribution >= 4 is 12.1 Å². The number of nitrogens with one attached hydrogen (secondary N) is 1. The Hall–Kier alpha value is -3.08. The Morgan fingerprint density at radius 2 is 1.91 bits per heavy atom. The van der Waals surface area contributed by atoms with Crippen LogP contribution in [0.5, 0.6) is 5.75 Å². The summed E-state index contributed by atoms with van der Waals surface area (Å²) < 4.78 is 52.2. The molecule has 4 rings (SSSR count). The van der Waals surface area contributed by atoms with E-state index in [1.165, 1.54) is 6.07 Å². The molecule has 11 heteroatoms. The maximum Gasteiger partial charge on any atom is 0.416 e. The first-order valence-corrected chi connectivity index (χ1v) is 11.1. The van der Waals surface area contributed by atoms with Crippen LogP contribution in [0.2, 0.25) is 0 Å². The molecule has 8 nitrogen and oxygen atoms in total. The highest BCUT2D eigenvalue weighted by Gasteiger charge is 2.39. The summed E-state index contributed by atoms with van der Waals surface area (Å²) in [6.45, 7) is 8.01. The fourth-order valence-electron chi connectivity index (χ4n) is 4.36. The predicted octanol–water partition coefficient (Wildman–Crippen LogP) is 3.80. The molecule has 0 bridgehead atoms. The number of amides is 1. The zero-order valence-corrected chi connectivity index (χ0v) is 19.5. The monoisotopic (exact) mass is 480 g/mol. The van der Waals surface area contributed by atoms with Crippen LogP contribution in [0.15, 0.2) is 18.2 Å². The lowest BCUT2D eigenvalue weighted by Crippen LogP contribution is -2.46. The van der Waals surface area contributed by atoms with Crippen molar-refractivity contribution in [1.29, 1.82) is 0 Å². The van der Waals surface area contributed by atoms with Crippen molar-refractivity contribution in [1.82, 2.24) is 20.0 Å². The third-order valence-corrected chi connectivity index (χ3v) is 5.67. The molecule has 0 spiro atoms. The van der Waals surface area contributed by atoms with E-state index in [0.717, 1.165) is 36.0 Å². The summed E-state index contributed by atoms with van der Waals surface area (Å²) in [6.07, 6.45) is -4.02. The molecule has 0 saturated carbocycles. The van der Waals surface area contributed by atoms with Crippen molar-refractivity contribution in [3.8, 4) is 11.4 Å². The number of aromatic nitrogens is 2. The number of esters is 1. The van der Waals surface area contributed by atoms with Crippen LogP contribution in [-0.4, -0.2) is 52.0 Å². The second kappa shape index (κ2) is 8.61. The van der Waals surface area contributed by atoms with E-state index in [0.29, 0.717) is 32.5 Å². The molecule has 1 N–H and O–H groups in total. The van der Waals surface area contributed by atoms with Gasteiger partial charge >= 0.3 is 18.2 Å². The van der Waals surface area contributed by atoms with Crippen molar-refractivity contribution in [2.45, 2.75) is 58.4 Å². The summed E-state index contributed by atoms with van der Waals surface area (Å²) >= 11 is 0. The first-order valence-electron chi connectivity index (χ1n) is 11.1. The van der Waals surface area contributed by atoms with Crippen LogP contribution in [0.25, 0.3) is 5.69 Å². The molecule has 0 aliphatic carbocycles. The minimum atomic E-state index is -4.59. The molecule has 2 aliphatic heterocycles. The number of carbonyl (C=O) groups is 2. The molecular weight excluding hydrogens is 453 g/mol. The van der Waals surface area contributed by atoms with Crippen LogP contribution in [-0.2, 0) is 28.5 Å². The van der Waals surface area contributed by atoms with Crippen LogP contribution < -0.4 is 10.1 Å². The molecule has 1 aromatic carbocycles. The number of benzene rings is 1. The zero-order valence-electron chi connectivity index (χ0n) is 19.5. The number of carbonyl (C=O) groups excluding carboxylic acids is 2. The van der Waals surface area contributed by atoms with E-state index >= 15 is 0 Å². The lowest BCUT2D eigenvalue weighted by molar-refractivity contribution is -0.138. The number of hydrogen-bond acceptors (Lipinski definition) is 6. The van der Waals surface area contributed by atoms with Gasteiger partial charge in [0.1, 0.15) is 11.3 Å². The summed E-state index contributed by atoms with van der Waals surface area (Å²) in [4.78, 5) is 26.2. The third kappa shape index (κ3) is 4.75. The number of nitrogens with zero attached hydrogens (tertiary/aromatic N) is 3. The van der Waals surface area contributed by atoms with Gasteiger partial charge in [0.2, 0.25) is 0 Å². The van der Waals surface area contributed by atoms with Gasteiger partial charge in [-0.15, -0.1) is 0 Å². The molecule has 1 unspecified atom stereocenters.